The fourth-order valence-electron chi connectivity index (χ4n) is 3.24. The van der Waals surface area contributed by atoms with E-state index < -0.39 is 6.04 Å². The number of hydrogen-bond acceptors (Lipinski definition) is 4. The van der Waals surface area contributed by atoms with Crippen LogP contribution in [0.15, 0.2) is 54.4 Å². The first kappa shape index (κ1) is 19.8. The molecule has 0 saturated carbocycles. The molecule has 2 heterocycles. The Morgan fingerprint density at radius 1 is 1.32 bits per heavy atom. The molecule has 2 N–H and O–H groups in total. The molecule has 7 nitrogen and oxygen atoms in total. The van der Waals surface area contributed by atoms with E-state index in [0.717, 1.165) is 17.8 Å². The van der Waals surface area contributed by atoms with Gasteiger partial charge >= 0.3 is 0 Å². The summed E-state index contributed by atoms with van der Waals surface area (Å²) in [4.78, 5) is 26.9. The molecule has 0 spiro atoms. The van der Waals surface area contributed by atoms with Crippen molar-refractivity contribution in [3.8, 4) is 5.69 Å². The summed E-state index contributed by atoms with van der Waals surface area (Å²) in [6.45, 7) is 6.49. The topological polar surface area (TPSA) is 79.3 Å². The van der Waals surface area contributed by atoms with Gasteiger partial charge in [-0.15, -0.1) is 0 Å². The first-order chi connectivity index (χ1) is 13.5. The van der Waals surface area contributed by atoms with Crippen LogP contribution < -0.4 is 10.6 Å². The maximum absolute atomic E-state index is 12.6. The van der Waals surface area contributed by atoms with Crippen molar-refractivity contribution in [1.29, 1.82) is 0 Å². The largest absolute Gasteiger partial charge is 0.353 e. The molecular formula is C21H27N5O2. The van der Waals surface area contributed by atoms with Crippen molar-refractivity contribution in [3.05, 3.63) is 59.9 Å². The van der Waals surface area contributed by atoms with Gasteiger partial charge in [0.15, 0.2) is 0 Å². The Hall–Kier alpha value is -2.93. The van der Waals surface area contributed by atoms with Gasteiger partial charge in [-0.3, -0.25) is 14.5 Å². The van der Waals surface area contributed by atoms with E-state index in [2.05, 4.69) is 26.7 Å². The van der Waals surface area contributed by atoms with Gasteiger partial charge < -0.3 is 10.6 Å². The summed E-state index contributed by atoms with van der Waals surface area (Å²) in [5.74, 6) is -0.222. The van der Waals surface area contributed by atoms with Crippen LogP contribution in [-0.2, 0) is 16.1 Å². The molecule has 1 aliphatic rings. The number of aromatic nitrogens is 2. The third-order valence-electron chi connectivity index (χ3n) is 4.77. The van der Waals surface area contributed by atoms with Gasteiger partial charge in [-0.2, -0.15) is 5.10 Å². The number of rotatable bonds is 7. The maximum atomic E-state index is 12.6. The minimum absolute atomic E-state index is 0.0829. The van der Waals surface area contributed by atoms with Crippen molar-refractivity contribution in [2.45, 2.75) is 32.9 Å². The number of hydrogen-bond donors (Lipinski definition) is 2. The summed E-state index contributed by atoms with van der Waals surface area (Å²) in [7, 11) is 0. The van der Waals surface area contributed by atoms with E-state index >= 15 is 0 Å². The van der Waals surface area contributed by atoms with E-state index in [1.165, 1.54) is 5.57 Å². The zero-order valence-corrected chi connectivity index (χ0v) is 16.4. The summed E-state index contributed by atoms with van der Waals surface area (Å²) in [5.41, 5.74) is 3.09. The Labute approximate surface area is 165 Å². The van der Waals surface area contributed by atoms with Crippen LogP contribution in [0.2, 0.25) is 0 Å². The van der Waals surface area contributed by atoms with Crippen molar-refractivity contribution in [1.82, 2.24) is 25.3 Å². The van der Waals surface area contributed by atoms with E-state index in [-0.39, 0.29) is 18.2 Å². The van der Waals surface area contributed by atoms with Crippen LogP contribution in [0.1, 0.15) is 25.8 Å². The number of carbonyl (C=O) groups excluding carboxylic acids is 2. The number of carbonyl (C=O) groups is 2. The van der Waals surface area contributed by atoms with Gasteiger partial charge in [0.1, 0.15) is 0 Å². The number of nitrogens with zero attached hydrogens (tertiary/aromatic N) is 3. The van der Waals surface area contributed by atoms with Crippen LogP contribution >= 0.6 is 0 Å². The molecule has 7 heteroatoms. The normalized spacial score (nSPS) is 17.1. The summed E-state index contributed by atoms with van der Waals surface area (Å²) < 4.78 is 1.78. The second-order valence-corrected chi connectivity index (χ2v) is 7.14. The molecule has 1 aromatic heterocycles. The highest BCUT2D eigenvalue weighted by Crippen LogP contribution is 2.14. The van der Waals surface area contributed by atoms with Gasteiger partial charge in [0.25, 0.3) is 0 Å². The molecule has 1 fully saturated rings. The molecule has 0 radical (unpaired) electrons. The SMILES string of the molecule is CC(C)=CCN1CCNC(=O)[C@H]1CC(=O)NCc1ccccc1-n1cccn1. The maximum Gasteiger partial charge on any atom is 0.237 e. The second-order valence-electron chi connectivity index (χ2n) is 7.14. The lowest BCUT2D eigenvalue weighted by Crippen LogP contribution is -2.56. The standard InChI is InChI=1S/C21H27N5O2/c1-16(2)8-12-25-13-10-22-21(28)19(25)14-20(27)23-15-17-6-3-4-7-18(17)26-11-5-9-24-26/h3-9,11,19H,10,12-15H2,1-2H3,(H,22,28)(H,23,27)/t19-/m1/s1. The van der Waals surface area contributed by atoms with Gasteiger partial charge in [0.2, 0.25) is 11.8 Å². The zero-order chi connectivity index (χ0) is 19.9. The Balaban J connectivity index is 1.62. The molecule has 28 heavy (non-hydrogen) atoms. The Morgan fingerprint density at radius 3 is 2.89 bits per heavy atom. The molecule has 2 amide bonds. The van der Waals surface area contributed by atoms with Gasteiger partial charge in [-0.05, 0) is 31.5 Å². The minimum Gasteiger partial charge on any atom is -0.353 e. The molecule has 3 rings (SSSR count). The van der Waals surface area contributed by atoms with Crippen LogP contribution in [0.4, 0.5) is 0 Å². The molecule has 1 saturated heterocycles. The highest BCUT2D eigenvalue weighted by Gasteiger charge is 2.30. The molecule has 0 aliphatic carbocycles. The lowest BCUT2D eigenvalue weighted by molar-refractivity contribution is -0.133. The highest BCUT2D eigenvalue weighted by atomic mass is 16.2. The summed E-state index contributed by atoms with van der Waals surface area (Å²) in [6.07, 6.45) is 5.82. The molecule has 1 aromatic carbocycles. The van der Waals surface area contributed by atoms with Crippen LogP contribution in [-0.4, -0.2) is 52.2 Å². The van der Waals surface area contributed by atoms with Crippen molar-refractivity contribution in [3.63, 3.8) is 0 Å². The fourth-order valence-corrected chi connectivity index (χ4v) is 3.24. The first-order valence-corrected chi connectivity index (χ1v) is 9.54. The number of nitrogens with one attached hydrogen (secondary N) is 2. The number of para-hydroxylation sites is 1. The van der Waals surface area contributed by atoms with E-state index in [1.54, 1.807) is 10.9 Å². The smallest absolute Gasteiger partial charge is 0.237 e. The Kier molecular flexibility index (Phi) is 6.60. The summed E-state index contributed by atoms with van der Waals surface area (Å²) >= 11 is 0. The lowest BCUT2D eigenvalue weighted by atomic mass is 10.1. The van der Waals surface area contributed by atoms with Crippen molar-refractivity contribution < 1.29 is 9.59 Å². The van der Waals surface area contributed by atoms with E-state index in [0.29, 0.717) is 19.6 Å². The monoisotopic (exact) mass is 381 g/mol. The number of piperazine rings is 1. The predicted octanol–water partition coefficient (Wildman–Crippen LogP) is 1.65. The number of allylic oxidation sites excluding steroid dienone is 1. The van der Waals surface area contributed by atoms with E-state index in [4.69, 9.17) is 0 Å². The van der Waals surface area contributed by atoms with Gasteiger partial charge in [0, 0.05) is 38.6 Å². The molecule has 1 atom stereocenters. The van der Waals surface area contributed by atoms with Crippen LogP contribution in [0.5, 0.6) is 0 Å². The van der Waals surface area contributed by atoms with Crippen molar-refractivity contribution in [2.24, 2.45) is 0 Å². The van der Waals surface area contributed by atoms with Gasteiger partial charge in [-0.25, -0.2) is 4.68 Å². The summed E-state index contributed by atoms with van der Waals surface area (Å²) in [6, 6.07) is 9.22. The fraction of sp³-hybridized carbons (Fsp3) is 0.381. The molecule has 0 unspecified atom stereocenters. The van der Waals surface area contributed by atoms with Crippen molar-refractivity contribution in [2.75, 3.05) is 19.6 Å². The highest BCUT2D eigenvalue weighted by molar-refractivity contribution is 5.88. The first-order valence-electron chi connectivity index (χ1n) is 9.54. The Bertz CT molecular complexity index is 840. The average Bonchev–Trinajstić information content (AvgIpc) is 3.21. The molecule has 148 valence electrons. The molecule has 2 aromatic rings. The second kappa shape index (κ2) is 9.32. The molecular weight excluding hydrogens is 354 g/mol. The van der Waals surface area contributed by atoms with Crippen LogP contribution in [0.3, 0.4) is 0 Å². The van der Waals surface area contributed by atoms with E-state index in [1.807, 2.05) is 50.4 Å². The van der Waals surface area contributed by atoms with E-state index in [9.17, 15) is 9.59 Å². The predicted molar refractivity (Wildman–Crippen MR) is 108 cm³/mol. The van der Waals surface area contributed by atoms with Crippen LogP contribution in [0, 0.1) is 0 Å². The quantitative estimate of drug-likeness (QED) is 0.715. The average molecular weight is 381 g/mol. The molecule has 1 aliphatic heterocycles. The van der Waals surface area contributed by atoms with Crippen molar-refractivity contribution >= 4 is 11.8 Å². The number of amides is 2. The minimum atomic E-state index is -0.439. The summed E-state index contributed by atoms with van der Waals surface area (Å²) in [5, 5.41) is 10.1. The van der Waals surface area contributed by atoms with Gasteiger partial charge in [-0.1, -0.05) is 29.8 Å². The Morgan fingerprint density at radius 2 is 2.14 bits per heavy atom. The third kappa shape index (κ3) is 5.07. The zero-order valence-electron chi connectivity index (χ0n) is 16.4. The third-order valence-corrected chi connectivity index (χ3v) is 4.77. The van der Waals surface area contributed by atoms with Gasteiger partial charge in [0.05, 0.1) is 18.2 Å². The van der Waals surface area contributed by atoms with Crippen LogP contribution in [0.25, 0.3) is 5.69 Å². The molecule has 0 bridgehead atoms. The number of benzene rings is 1. The lowest BCUT2D eigenvalue weighted by Gasteiger charge is -2.34.